The van der Waals surface area contributed by atoms with Gasteiger partial charge in [-0.2, -0.15) is 0 Å². The molecule has 21 heavy (non-hydrogen) atoms. The van der Waals surface area contributed by atoms with Crippen molar-refractivity contribution in [1.29, 1.82) is 0 Å². The summed E-state index contributed by atoms with van der Waals surface area (Å²) in [6.07, 6.45) is 5.84. The maximum atomic E-state index is 10.6. The molecule has 1 atom stereocenters. The molecule has 5 nitrogen and oxygen atoms in total. The van der Waals surface area contributed by atoms with E-state index in [1.807, 2.05) is 30.3 Å². The third kappa shape index (κ3) is 3.14. The van der Waals surface area contributed by atoms with Gasteiger partial charge in [0, 0.05) is 0 Å². The average molecular weight is 287 g/mol. The number of aliphatic hydroxyl groups excluding tert-OH is 1. The van der Waals surface area contributed by atoms with E-state index in [9.17, 15) is 10.2 Å². The summed E-state index contributed by atoms with van der Waals surface area (Å²) in [6.45, 7) is 0.340. The highest BCUT2D eigenvalue weighted by atomic mass is 16.3. The lowest BCUT2D eigenvalue weighted by molar-refractivity contribution is -0.00477. The predicted octanol–water partition coefficient (Wildman–Crippen LogP) is 2.16. The average Bonchev–Trinajstić information content (AvgIpc) is 2.98. The van der Waals surface area contributed by atoms with Crippen molar-refractivity contribution < 1.29 is 10.2 Å². The molecular formula is C16H21N3O2. The number of hydrogen-bond donors (Lipinski definition) is 2. The Morgan fingerprint density at radius 1 is 1.14 bits per heavy atom. The molecule has 1 aromatic heterocycles. The van der Waals surface area contributed by atoms with Crippen LogP contribution >= 0.6 is 0 Å². The number of benzene rings is 1. The summed E-state index contributed by atoms with van der Waals surface area (Å²) < 4.78 is 1.61. The Balaban J connectivity index is 1.70. The van der Waals surface area contributed by atoms with Gasteiger partial charge in [-0.1, -0.05) is 54.8 Å². The lowest BCUT2D eigenvalue weighted by Gasteiger charge is -2.29. The van der Waals surface area contributed by atoms with Crippen LogP contribution in [0.5, 0.6) is 0 Å². The van der Waals surface area contributed by atoms with Crippen LogP contribution in [-0.4, -0.2) is 25.2 Å². The Bertz CT molecular complexity index is 576. The second-order valence-corrected chi connectivity index (χ2v) is 5.84. The molecule has 0 saturated heterocycles. The zero-order valence-corrected chi connectivity index (χ0v) is 12.0. The SMILES string of the molecule is O[C@@H](Cn1cc(C2(O)CCCCC2)nn1)c1ccccc1. The van der Waals surface area contributed by atoms with Gasteiger partial charge >= 0.3 is 0 Å². The van der Waals surface area contributed by atoms with Gasteiger partial charge in [0.05, 0.1) is 18.8 Å². The topological polar surface area (TPSA) is 71.2 Å². The molecule has 1 saturated carbocycles. The fourth-order valence-electron chi connectivity index (χ4n) is 2.95. The predicted molar refractivity (Wildman–Crippen MR) is 78.4 cm³/mol. The lowest BCUT2D eigenvalue weighted by atomic mass is 9.83. The summed E-state index contributed by atoms with van der Waals surface area (Å²) in [6, 6.07) is 9.49. The minimum absolute atomic E-state index is 0.340. The Labute approximate surface area is 124 Å². The van der Waals surface area contributed by atoms with E-state index in [1.165, 1.54) is 6.42 Å². The van der Waals surface area contributed by atoms with Gasteiger partial charge in [-0.05, 0) is 18.4 Å². The summed E-state index contributed by atoms with van der Waals surface area (Å²) >= 11 is 0. The molecule has 1 aliphatic carbocycles. The van der Waals surface area contributed by atoms with Crippen LogP contribution in [0.3, 0.4) is 0 Å². The molecule has 1 fully saturated rings. The molecule has 0 radical (unpaired) electrons. The molecule has 0 aliphatic heterocycles. The van der Waals surface area contributed by atoms with Crippen LogP contribution in [-0.2, 0) is 12.1 Å². The van der Waals surface area contributed by atoms with Crippen LogP contribution in [0.25, 0.3) is 0 Å². The quantitative estimate of drug-likeness (QED) is 0.904. The Morgan fingerprint density at radius 2 is 1.86 bits per heavy atom. The van der Waals surface area contributed by atoms with Crippen LogP contribution < -0.4 is 0 Å². The molecule has 1 aliphatic rings. The fraction of sp³-hybridized carbons (Fsp3) is 0.500. The third-order valence-electron chi connectivity index (χ3n) is 4.24. The third-order valence-corrected chi connectivity index (χ3v) is 4.24. The largest absolute Gasteiger partial charge is 0.386 e. The van der Waals surface area contributed by atoms with Gasteiger partial charge in [0.2, 0.25) is 0 Å². The summed E-state index contributed by atoms with van der Waals surface area (Å²) in [5, 5.41) is 29.0. The maximum Gasteiger partial charge on any atom is 0.114 e. The number of nitrogens with zero attached hydrogens (tertiary/aromatic N) is 3. The van der Waals surface area contributed by atoms with Crippen LogP contribution in [0.1, 0.15) is 49.5 Å². The second-order valence-electron chi connectivity index (χ2n) is 5.84. The number of aliphatic hydroxyl groups is 2. The van der Waals surface area contributed by atoms with Crippen LogP contribution in [0.2, 0.25) is 0 Å². The van der Waals surface area contributed by atoms with Gasteiger partial charge < -0.3 is 10.2 Å². The first-order valence-electron chi connectivity index (χ1n) is 7.53. The molecule has 2 N–H and O–H groups in total. The van der Waals surface area contributed by atoms with E-state index in [2.05, 4.69) is 10.3 Å². The van der Waals surface area contributed by atoms with Crippen LogP contribution in [0.4, 0.5) is 0 Å². The Kier molecular flexibility index (Phi) is 4.03. The van der Waals surface area contributed by atoms with Gasteiger partial charge in [-0.15, -0.1) is 5.10 Å². The minimum atomic E-state index is -0.839. The highest BCUT2D eigenvalue weighted by Gasteiger charge is 2.34. The van der Waals surface area contributed by atoms with E-state index < -0.39 is 11.7 Å². The van der Waals surface area contributed by atoms with Gasteiger partial charge in [0.1, 0.15) is 11.3 Å². The second kappa shape index (κ2) is 5.95. The Morgan fingerprint density at radius 3 is 2.57 bits per heavy atom. The summed E-state index contributed by atoms with van der Waals surface area (Å²) in [7, 11) is 0. The van der Waals surface area contributed by atoms with E-state index in [0.29, 0.717) is 12.2 Å². The molecule has 1 heterocycles. The van der Waals surface area contributed by atoms with Crippen molar-refractivity contribution in [3.63, 3.8) is 0 Å². The lowest BCUT2D eigenvalue weighted by Crippen LogP contribution is -2.28. The zero-order valence-electron chi connectivity index (χ0n) is 12.0. The van der Waals surface area contributed by atoms with Crippen molar-refractivity contribution in [2.75, 3.05) is 0 Å². The van der Waals surface area contributed by atoms with Crippen molar-refractivity contribution in [3.8, 4) is 0 Å². The first kappa shape index (κ1) is 14.2. The number of rotatable bonds is 4. The fourth-order valence-corrected chi connectivity index (χ4v) is 2.95. The summed E-state index contributed by atoms with van der Waals surface area (Å²) in [5.41, 5.74) is 0.641. The molecule has 2 aromatic rings. The van der Waals surface area contributed by atoms with Crippen molar-refractivity contribution >= 4 is 0 Å². The van der Waals surface area contributed by atoms with E-state index in [0.717, 1.165) is 31.2 Å². The first-order valence-corrected chi connectivity index (χ1v) is 7.53. The van der Waals surface area contributed by atoms with Crippen LogP contribution in [0.15, 0.2) is 36.5 Å². The molecule has 5 heteroatoms. The number of aromatic nitrogens is 3. The molecule has 3 rings (SSSR count). The van der Waals surface area contributed by atoms with Crippen molar-refractivity contribution in [3.05, 3.63) is 47.8 Å². The molecular weight excluding hydrogens is 266 g/mol. The summed E-state index contributed by atoms with van der Waals surface area (Å²) in [5.74, 6) is 0. The van der Waals surface area contributed by atoms with Gasteiger partial charge in [-0.25, -0.2) is 4.68 Å². The first-order chi connectivity index (χ1) is 10.2. The van der Waals surface area contributed by atoms with Crippen molar-refractivity contribution in [2.45, 2.75) is 50.4 Å². The molecule has 0 bridgehead atoms. The van der Waals surface area contributed by atoms with Gasteiger partial charge in [-0.3, -0.25) is 0 Å². The molecule has 0 amide bonds. The van der Waals surface area contributed by atoms with Gasteiger partial charge in [0.25, 0.3) is 0 Å². The highest BCUT2D eigenvalue weighted by molar-refractivity contribution is 5.17. The zero-order chi connectivity index (χ0) is 14.7. The summed E-state index contributed by atoms with van der Waals surface area (Å²) in [4.78, 5) is 0. The Hall–Kier alpha value is -1.72. The monoisotopic (exact) mass is 287 g/mol. The van der Waals surface area contributed by atoms with E-state index in [1.54, 1.807) is 10.9 Å². The standard InChI is InChI=1S/C16H21N3O2/c20-14(13-7-3-1-4-8-13)11-19-12-15(17-18-19)16(21)9-5-2-6-10-16/h1,3-4,7-8,12,14,20-21H,2,5-6,9-11H2/t14-/m0/s1. The normalized spacial score (nSPS) is 19.3. The van der Waals surface area contributed by atoms with E-state index in [-0.39, 0.29) is 0 Å². The molecule has 0 spiro atoms. The van der Waals surface area contributed by atoms with E-state index in [4.69, 9.17) is 0 Å². The van der Waals surface area contributed by atoms with Crippen molar-refractivity contribution in [1.82, 2.24) is 15.0 Å². The minimum Gasteiger partial charge on any atom is -0.386 e. The molecule has 1 aromatic carbocycles. The van der Waals surface area contributed by atoms with Crippen LogP contribution in [0, 0.1) is 0 Å². The van der Waals surface area contributed by atoms with E-state index >= 15 is 0 Å². The van der Waals surface area contributed by atoms with Gasteiger partial charge in [0.15, 0.2) is 0 Å². The molecule has 112 valence electrons. The smallest absolute Gasteiger partial charge is 0.114 e. The molecule has 0 unspecified atom stereocenters. The van der Waals surface area contributed by atoms with Crippen molar-refractivity contribution in [2.24, 2.45) is 0 Å². The highest BCUT2D eigenvalue weighted by Crippen LogP contribution is 2.35. The number of hydrogen-bond acceptors (Lipinski definition) is 4. The maximum absolute atomic E-state index is 10.6.